The number of hydrogen-bond acceptors (Lipinski definition) is 6. The van der Waals surface area contributed by atoms with E-state index in [1.54, 1.807) is 24.3 Å². The summed E-state index contributed by atoms with van der Waals surface area (Å²) in [5.74, 6) is -1.67. The first-order chi connectivity index (χ1) is 18.0. The van der Waals surface area contributed by atoms with E-state index in [-0.39, 0.29) is 48.9 Å². The van der Waals surface area contributed by atoms with Gasteiger partial charge in [0.15, 0.2) is 6.61 Å². The number of methoxy groups -OCH3 is 1. The third kappa shape index (κ3) is 7.99. The molecule has 1 heterocycles. The van der Waals surface area contributed by atoms with Crippen molar-refractivity contribution in [3.8, 4) is 11.5 Å². The van der Waals surface area contributed by atoms with Crippen molar-refractivity contribution < 1.29 is 37.0 Å². The van der Waals surface area contributed by atoms with Gasteiger partial charge < -0.3 is 30.7 Å². The highest BCUT2D eigenvalue weighted by molar-refractivity contribution is 6.30. The zero-order valence-corrected chi connectivity index (χ0v) is 21.3. The van der Waals surface area contributed by atoms with E-state index in [1.165, 1.54) is 25.3 Å². The zero-order valence-electron chi connectivity index (χ0n) is 20.5. The Bertz CT molecular complexity index is 1140. The number of benzene rings is 2. The smallest absolute Gasteiger partial charge is 0.422 e. The summed E-state index contributed by atoms with van der Waals surface area (Å²) in [5, 5.41) is 11.7. The van der Waals surface area contributed by atoms with Gasteiger partial charge in [0.2, 0.25) is 5.91 Å². The Balaban J connectivity index is 1.67. The number of halogens is 4. The zero-order chi connectivity index (χ0) is 27.8. The van der Waals surface area contributed by atoms with E-state index >= 15 is 0 Å². The van der Waals surface area contributed by atoms with Crippen LogP contribution in [0.2, 0.25) is 5.02 Å². The first-order valence-corrected chi connectivity index (χ1v) is 12.1. The molecule has 4 N–H and O–H groups in total. The van der Waals surface area contributed by atoms with Crippen LogP contribution in [0.15, 0.2) is 42.5 Å². The van der Waals surface area contributed by atoms with Gasteiger partial charge in [-0.15, -0.1) is 0 Å². The first kappa shape index (κ1) is 29.1. The van der Waals surface area contributed by atoms with Crippen molar-refractivity contribution in [2.24, 2.45) is 0 Å². The number of piperidine rings is 1. The van der Waals surface area contributed by atoms with E-state index < -0.39 is 30.1 Å². The Morgan fingerprint density at radius 2 is 1.66 bits per heavy atom. The molecule has 2 aromatic rings. The van der Waals surface area contributed by atoms with Gasteiger partial charge >= 0.3 is 6.18 Å². The van der Waals surface area contributed by atoms with Crippen LogP contribution in [0.4, 0.5) is 13.2 Å². The molecule has 1 saturated heterocycles. The van der Waals surface area contributed by atoms with Gasteiger partial charge in [0, 0.05) is 23.7 Å². The van der Waals surface area contributed by atoms with Crippen molar-refractivity contribution in [3.63, 3.8) is 0 Å². The van der Waals surface area contributed by atoms with E-state index in [9.17, 15) is 27.6 Å². The van der Waals surface area contributed by atoms with Crippen LogP contribution in [0.1, 0.15) is 33.6 Å². The van der Waals surface area contributed by atoms with E-state index in [0.717, 1.165) is 0 Å². The van der Waals surface area contributed by atoms with E-state index in [2.05, 4.69) is 21.3 Å². The van der Waals surface area contributed by atoms with Crippen LogP contribution >= 0.6 is 11.6 Å². The fourth-order valence-electron chi connectivity index (χ4n) is 3.87. The van der Waals surface area contributed by atoms with Crippen molar-refractivity contribution in [1.29, 1.82) is 0 Å². The maximum atomic E-state index is 13.2. The van der Waals surface area contributed by atoms with Crippen LogP contribution in [-0.2, 0) is 4.79 Å². The summed E-state index contributed by atoms with van der Waals surface area (Å²) in [6.07, 6.45) is -4.12. The highest BCUT2D eigenvalue weighted by Crippen LogP contribution is 2.28. The molecule has 0 spiro atoms. The minimum Gasteiger partial charge on any atom is -0.497 e. The van der Waals surface area contributed by atoms with Crippen molar-refractivity contribution in [2.75, 3.05) is 39.9 Å². The minimum absolute atomic E-state index is 0.0856. The highest BCUT2D eigenvalue weighted by Gasteiger charge is 2.41. The molecule has 3 rings (SSSR count). The lowest BCUT2D eigenvalue weighted by atomic mass is 9.86. The lowest BCUT2D eigenvalue weighted by Crippen LogP contribution is -2.63. The summed E-state index contributed by atoms with van der Waals surface area (Å²) < 4.78 is 48.1. The second kappa shape index (κ2) is 12.8. The Kier molecular flexibility index (Phi) is 9.81. The van der Waals surface area contributed by atoms with Crippen molar-refractivity contribution in [1.82, 2.24) is 21.3 Å². The molecule has 0 aromatic heterocycles. The molecule has 1 aliphatic heterocycles. The molecule has 0 atom stereocenters. The van der Waals surface area contributed by atoms with Gasteiger partial charge in [-0.2, -0.15) is 13.2 Å². The highest BCUT2D eigenvalue weighted by atomic mass is 35.5. The number of carbonyl (C=O) groups excluding carboxylic acids is 3. The second-order valence-electron chi connectivity index (χ2n) is 8.57. The summed E-state index contributed by atoms with van der Waals surface area (Å²) in [6.45, 7) is -0.521. The molecule has 1 fully saturated rings. The molecular weight excluding hydrogens is 529 g/mol. The molecule has 38 heavy (non-hydrogen) atoms. The van der Waals surface area contributed by atoms with E-state index in [0.29, 0.717) is 23.7 Å². The number of alkyl halides is 3. The van der Waals surface area contributed by atoms with Gasteiger partial charge in [-0.3, -0.25) is 14.4 Å². The van der Waals surface area contributed by atoms with Gasteiger partial charge in [0.25, 0.3) is 11.8 Å². The molecule has 206 valence electrons. The quantitative estimate of drug-likeness (QED) is 0.334. The summed E-state index contributed by atoms with van der Waals surface area (Å²) >= 11 is 5.83. The number of nitrogens with one attached hydrogen (secondary N) is 4. The Labute approximate surface area is 222 Å². The lowest BCUT2D eigenvalue weighted by Gasteiger charge is -2.37. The summed E-state index contributed by atoms with van der Waals surface area (Å²) in [5.41, 5.74) is -1.12. The van der Waals surface area contributed by atoms with Gasteiger partial charge in [-0.25, -0.2) is 0 Å². The Morgan fingerprint density at radius 3 is 2.29 bits per heavy atom. The fraction of sp³-hybridized carbons (Fsp3) is 0.400. The number of hydrogen-bond donors (Lipinski definition) is 4. The van der Waals surface area contributed by atoms with E-state index in [4.69, 9.17) is 21.1 Å². The molecule has 0 saturated carbocycles. The molecule has 3 amide bonds. The van der Waals surface area contributed by atoms with Crippen molar-refractivity contribution >= 4 is 29.3 Å². The summed E-state index contributed by atoms with van der Waals surface area (Å²) in [7, 11) is 1.35. The van der Waals surface area contributed by atoms with Crippen LogP contribution < -0.4 is 30.7 Å². The molecule has 0 aliphatic carbocycles. The lowest BCUT2D eigenvalue weighted by molar-refractivity contribution is -0.153. The predicted octanol–water partition coefficient (Wildman–Crippen LogP) is 2.69. The predicted molar refractivity (Wildman–Crippen MR) is 134 cm³/mol. The molecule has 2 aromatic carbocycles. The summed E-state index contributed by atoms with van der Waals surface area (Å²) in [6, 6.07) is 10.1. The van der Waals surface area contributed by atoms with Gasteiger partial charge in [0.1, 0.15) is 17.0 Å². The van der Waals surface area contributed by atoms with Crippen LogP contribution in [0.3, 0.4) is 0 Å². The summed E-state index contributed by atoms with van der Waals surface area (Å²) in [4.78, 5) is 38.7. The number of carbonyl (C=O) groups is 3. The largest absolute Gasteiger partial charge is 0.497 e. The standard InChI is InChI=1S/C25H28ClF3N4O5/c1-37-18-6-7-20(38-15-25(27,28)29)19(14-18)22(35)33-24(8-10-30-11-9-24)23(36)32-13-12-31-21(34)16-2-4-17(26)5-3-16/h2-7,14,30H,8-13,15H2,1H3,(H,31,34)(H,32,36)(H,33,35). The van der Waals surface area contributed by atoms with Crippen LogP contribution in [0.25, 0.3) is 0 Å². The number of amides is 3. The van der Waals surface area contributed by atoms with Gasteiger partial charge in [-0.1, -0.05) is 11.6 Å². The number of ether oxygens (including phenoxy) is 2. The molecule has 1 aliphatic rings. The average Bonchev–Trinajstić information content (AvgIpc) is 2.90. The maximum absolute atomic E-state index is 13.2. The minimum atomic E-state index is -4.60. The van der Waals surface area contributed by atoms with Crippen LogP contribution in [0.5, 0.6) is 11.5 Å². The van der Waals surface area contributed by atoms with Gasteiger partial charge in [-0.05, 0) is 68.4 Å². The third-order valence-electron chi connectivity index (χ3n) is 5.87. The first-order valence-electron chi connectivity index (χ1n) is 11.8. The Morgan fingerprint density at radius 1 is 1.00 bits per heavy atom. The topological polar surface area (TPSA) is 118 Å². The van der Waals surface area contributed by atoms with Crippen LogP contribution in [0, 0.1) is 0 Å². The van der Waals surface area contributed by atoms with Gasteiger partial charge in [0.05, 0.1) is 12.7 Å². The molecule has 0 radical (unpaired) electrons. The maximum Gasteiger partial charge on any atom is 0.422 e. The molecular formula is C25H28ClF3N4O5. The third-order valence-corrected chi connectivity index (χ3v) is 6.12. The molecule has 13 heteroatoms. The average molecular weight is 557 g/mol. The van der Waals surface area contributed by atoms with Crippen molar-refractivity contribution in [3.05, 3.63) is 58.6 Å². The number of rotatable bonds is 10. The SMILES string of the molecule is COc1ccc(OCC(F)(F)F)c(C(=O)NC2(C(=O)NCCNC(=O)c3ccc(Cl)cc3)CCNCC2)c1. The monoisotopic (exact) mass is 556 g/mol. The normalized spacial score (nSPS) is 14.8. The molecule has 0 bridgehead atoms. The van der Waals surface area contributed by atoms with Crippen LogP contribution in [-0.4, -0.2) is 69.3 Å². The van der Waals surface area contributed by atoms with Crippen molar-refractivity contribution in [2.45, 2.75) is 24.6 Å². The molecule has 0 unspecified atom stereocenters. The fourth-order valence-corrected chi connectivity index (χ4v) is 4.00. The van der Waals surface area contributed by atoms with E-state index in [1.807, 2.05) is 0 Å². The Hall–Kier alpha value is -3.51. The second-order valence-corrected chi connectivity index (χ2v) is 9.01. The molecule has 9 nitrogen and oxygen atoms in total.